The normalized spacial score (nSPS) is 14.6. The molecule has 0 atom stereocenters. The van der Waals surface area contributed by atoms with Crippen molar-refractivity contribution in [3.05, 3.63) is 60.0 Å². The number of carbonyl (C=O) groups is 2. The van der Waals surface area contributed by atoms with Crippen molar-refractivity contribution in [2.75, 3.05) is 19.6 Å². The summed E-state index contributed by atoms with van der Waals surface area (Å²) in [7, 11) is 0. The van der Waals surface area contributed by atoms with Gasteiger partial charge in [-0.1, -0.05) is 23.4 Å². The maximum atomic E-state index is 12.5. The molecule has 0 bridgehead atoms. The van der Waals surface area contributed by atoms with Crippen LogP contribution in [0.2, 0.25) is 0 Å². The van der Waals surface area contributed by atoms with Crippen molar-refractivity contribution in [3.63, 3.8) is 0 Å². The van der Waals surface area contributed by atoms with Gasteiger partial charge in [0.15, 0.2) is 0 Å². The standard InChI is InChI=1S/C22H20N6O3S/c29-19(13-23-21(30)14-4-2-1-3-5-14)28-10-8-15(9-11-28)22-24-20(25-31-22)16-6-7-17-18(12-16)27-32-26-17/h1-7,12,15H,8-11,13H2,(H,23,30). The van der Waals surface area contributed by atoms with E-state index < -0.39 is 0 Å². The predicted octanol–water partition coefficient (Wildman–Crippen LogP) is 2.88. The van der Waals surface area contributed by atoms with Crippen LogP contribution in [-0.2, 0) is 4.79 Å². The quantitative estimate of drug-likeness (QED) is 0.499. The summed E-state index contributed by atoms with van der Waals surface area (Å²) >= 11 is 1.17. The van der Waals surface area contributed by atoms with Gasteiger partial charge in [-0.05, 0) is 43.2 Å². The number of fused-ring (bicyclic) bond motifs is 1. The molecule has 1 aliphatic heterocycles. The maximum absolute atomic E-state index is 12.5. The summed E-state index contributed by atoms with van der Waals surface area (Å²) in [5.74, 6) is 0.866. The van der Waals surface area contributed by atoms with Crippen molar-refractivity contribution in [2.45, 2.75) is 18.8 Å². The topological polar surface area (TPSA) is 114 Å². The van der Waals surface area contributed by atoms with Gasteiger partial charge in [0.05, 0.1) is 18.3 Å². The molecule has 0 aliphatic carbocycles. The lowest BCUT2D eigenvalue weighted by Crippen LogP contribution is -2.43. The number of nitrogens with zero attached hydrogens (tertiary/aromatic N) is 5. The molecule has 0 radical (unpaired) electrons. The van der Waals surface area contributed by atoms with Crippen LogP contribution in [0.1, 0.15) is 35.0 Å². The van der Waals surface area contributed by atoms with E-state index >= 15 is 0 Å². The van der Waals surface area contributed by atoms with Crippen LogP contribution in [0.5, 0.6) is 0 Å². The zero-order chi connectivity index (χ0) is 21.9. The molecule has 0 saturated carbocycles. The van der Waals surface area contributed by atoms with E-state index in [0.717, 1.165) is 29.4 Å². The fourth-order valence-corrected chi connectivity index (χ4v) is 4.29. The summed E-state index contributed by atoms with van der Waals surface area (Å²) in [4.78, 5) is 31.0. The summed E-state index contributed by atoms with van der Waals surface area (Å²) in [5.41, 5.74) is 3.03. The minimum absolute atomic E-state index is 0.0168. The zero-order valence-corrected chi connectivity index (χ0v) is 17.9. The van der Waals surface area contributed by atoms with Gasteiger partial charge in [-0.25, -0.2) is 0 Å². The molecule has 0 spiro atoms. The minimum Gasteiger partial charge on any atom is -0.343 e. The first kappa shape index (κ1) is 20.3. The molecule has 2 aromatic carbocycles. The smallest absolute Gasteiger partial charge is 0.251 e. The van der Waals surface area contributed by atoms with Crippen LogP contribution in [-0.4, -0.2) is 55.2 Å². The van der Waals surface area contributed by atoms with E-state index in [9.17, 15) is 9.59 Å². The average molecular weight is 449 g/mol. The molecule has 32 heavy (non-hydrogen) atoms. The highest BCUT2D eigenvalue weighted by molar-refractivity contribution is 7.00. The Hall–Kier alpha value is -3.66. The highest BCUT2D eigenvalue weighted by Crippen LogP contribution is 2.29. The van der Waals surface area contributed by atoms with E-state index in [1.807, 2.05) is 24.3 Å². The lowest BCUT2D eigenvalue weighted by molar-refractivity contribution is -0.131. The Morgan fingerprint density at radius 3 is 2.66 bits per heavy atom. The highest BCUT2D eigenvalue weighted by atomic mass is 32.1. The van der Waals surface area contributed by atoms with Crippen LogP contribution >= 0.6 is 11.7 Å². The monoisotopic (exact) mass is 448 g/mol. The van der Waals surface area contributed by atoms with Gasteiger partial charge in [0, 0.05) is 30.1 Å². The summed E-state index contributed by atoms with van der Waals surface area (Å²) in [6, 6.07) is 14.6. The summed E-state index contributed by atoms with van der Waals surface area (Å²) in [5, 5.41) is 6.82. The Morgan fingerprint density at radius 1 is 1.06 bits per heavy atom. The third kappa shape index (κ3) is 4.22. The molecule has 1 fully saturated rings. The molecule has 4 aromatic rings. The fraction of sp³-hybridized carbons (Fsp3) is 0.273. The van der Waals surface area contributed by atoms with Gasteiger partial charge in [0.2, 0.25) is 17.6 Å². The molecule has 1 aliphatic rings. The zero-order valence-electron chi connectivity index (χ0n) is 17.1. The SMILES string of the molecule is O=C(NCC(=O)N1CCC(c2nc(-c3ccc4nsnc4c3)no2)CC1)c1ccccc1. The van der Waals surface area contributed by atoms with Gasteiger partial charge in [-0.2, -0.15) is 13.7 Å². The third-order valence-electron chi connectivity index (χ3n) is 5.59. The Morgan fingerprint density at radius 2 is 1.84 bits per heavy atom. The van der Waals surface area contributed by atoms with Crippen molar-refractivity contribution < 1.29 is 14.1 Å². The Kier molecular flexibility index (Phi) is 5.59. The molecular weight excluding hydrogens is 428 g/mol. The van der Waals surface area contributed by atoms with Crippen LogP contribution in [0, 0.1) is 0 Å². The Balaban J connectivity index is 1.15. The fourth-order valence-electron chi connectivity index (χ4n) is 3.77. The van der Waals surface area contributed by atoms with Crippen molar-refractivity contribution in [1.29, 1.82) is 0 Å². The molecule has 5 rings (SSSR count). The number of benzene rings is 2. The number of hydrogen-bond donors (Lipinski definition) is 1. The molecular formula is C22H20N6O3S. The maximum Gasteiger partial charge on any atom is 0.251 e. The number of carbonyl (C=O) groups excluding carboxylic acids is 2. The molecule has 3 heterocycles. The molecule has 2 amide bonds. The number of rotatable bonds is 5. The molecule has 162 valence electrons. The number of amides is 2. The van der Waals surface area contributed by atoms with Crippen LogP contribution in [0.3, 0.4) is 0 Å². The molecule has 2 aromatic heterocycles. The van der Waals surface area contributed by atoms with Crippen LogP contribution < -0.4 is 5.32 Å². The summed E-state index contributed by atoms with van der Waals surface area (Å²) in [6.45, 7) is 1.15. The summed E-state index contributed by atoms with van der Waals surface area (Å²) in [6.07, 6.45) is 1.46. The van der Waals surface area contributed by atoms with E-state index in [-0.39, 0.29) is 24.3 Å². The number of likely N-dealkylation sites (tertiary alicyclic amines) is 1. The first-order valence-corrected chi connectivity index (χ1v) is 11.1. The third-order valence-corrected chi connectivity index (χ3v) is 6.14. The van der Waals surface area contributed by atoms with Crippen molar-refractivity contribution in [1.82, 2.24) is 29.1 Å². The molecule has 0 unspecified atom stereocenters. The van der Waals surface area contributed by atoms with Crippen LogP contribution in [0.15, 0.2) is 53.1 Å². The molecule has 10 heteroatoms. The molecule has 9 nitrogen and oxygen atoms in total. The first-order valence-electron chi connectivity index (χ1n) is 10.3. The summed E-state index contributed by atoms with van der Waals surface area (Å²) < 4.78 is 14.0. The second-order valence-electron chi connectivity index (χ2n) is 7.63. The van der Waals surface area contributed by atoms with E-state index in [0.29, 0.717) is 30.4 Å². The largest absolute Gasteiger partial charge is 0.343 e. The van der Waals surface area contributed by atoms with E-state index in [2.05, 4.69) is 24.2 Å². The van der Waals surface area contributed by atoms with Gasteiger partial charge < -0.3 is 14.7 Å². The number of aromatic nitrogens is 4. The molecule has 1 N–H and O–H groups in total. The minimum atomic E-state index is -0.251. The lowest BCUT2D eigenvalue weighted by Gasteiger charge is -2.30. The Labute approximate surface area is 187 Å². The first-order chi connectivity index (χ1) is 15.7. The van der Waals surface area contributed by atoms with Gasteiger partial charge in [-0.3, -0.25) is 9.59 Å². The van der Waals surface area contributed by atoms with Crippen LogP contribution in [0.4, 0.5) is 0 Å². The predicted molar refractivity (Wildman–Crippen MR) is 118 cm³/mol. The van der Waals surface area contributed by atoms with Crippen molar-refractivity contribution in [2.24, 2.45) is 0 Å². The molecule has 1 saturated heterocycles. The highest BCUT2D eigenvalue weighted by Gasteiger charge is 2.28. The Bertz CT molecular complexity index is 1250. The van der Waals surface area contributed by atoms with Gasteiger partial charge in [0.1, 0.15) is 11.0 Å². The average Bonchev–Trinajstić information content (AvgIpc) is 3.52. The van der Waals surface area contributed by atoms with E-state index in [4.69, 9.17) is 4.52 Å². The number of nitrogens with one attached hydrogen (secondary N) is 1. The van der Waals surface area contributed by atoms with Crippen molar-refractivity contribution in [3.8, 4) is 11.4 Å². The second kappa shape index (κ2) is 8.83. The van der Waals surface area contributed by atoms with Gasteiger partial charge >= 0.3 is 0 Å². The van der Waals surface area contributed by atoms with Crippen LogP contribution in [0.25, 0.3) is 22.4 Å². The lowest BCUT2D eigenvalue weighted by atomic mass is 9.96. The van der Waals surface area contributed by atoms with Crippen molar-refractivity contribution >= 4 is 34.6 Å². The second-order valence-corrected chi connectivity index (χ2v) is 8.16. The number of hydrogen-bond acceptors (Lipinski definition) is 8. The van der Waals surface area contributed by atoms with Gasteiger partial charge in [-0.15, -0.1) is 0 Å². The van der Waals surface area contributed by atoms with Gasteiger partial charge in [0.25, 0.3) is 5.91 Å². The van der Waals surface area contributed by atoms with E-state index in [1.165, 1.54) is 11.7 Å². The van der Waals surface area contributed by atoms with E-state index in [1.54, 1.807) is 29.2 Å². The number of piperidine rings is 1.